The average Bonchev–Trinajstić information content (AvgIpc) is 2.76. The highest BCUT2D eigenvalue weighted by Gasteiger charge is 2.10. The maximum absolute atomic E-state index is 13.0. The highest BCUT2D eigenvalue weighted by Crippen LogP contribution is 2.13. The Morgan fingerprint density at radius 3 is 2.43 bits per heavy atom. The molecule has 0 spiro atoms. The predicted octanol–water partition coefficient (Wildman–Crippen LogP) is 4.17. The number of aromatic nitrogens is 2. The topological polar surface area (TPSA) is 64.0 Å². The standard InChI is InChI=1S/C23H17ClFN3O2/c24-18-6-1-16(2-7-18)13-28-14-27-21-11-17(5-10-20(21)23(28)30)22(29)26-12-15-3-8-19(25)9-4-15/h1-11,14H,12-13H2,(H,26,29). The van der Waals surface area contributed by atoms with E-state index in [1.165, 1.54) is 23.0 Å². The lowest BCUT2D eigenvalue weighted by molar-refractivity contribution is 0.0951. The SMILES string of the molecule is O=C(NCc1ccc(F)cc1)c1ccc2c(=O)n(Cc3ccc(Cl)cc3)cnc2c1. The molecule has 0 aliphatic rings. The summed E-state index contributed by atoms with van der Waals surface area (Å²) in [6.45, 7) is 0.645. The Kier molecular flexibility index (Phi) is 5.59. The lowest BCUT2D eigenvalue weighted by Gasteiger charge is -2.09. The molecule has 7 heteroatoms. The number of amides is 1. The van der Waals surface area contributed by atoms with Crippen molar-refractivity contribution in [1.29, 1.82) is 0 Å². The van der Waals surface area contributed by atoms with Gasteiger partial charge in [0.2, 0.25) is 0 Å². The summed E-state index contributed by atoms with van der Waals surface area (Å²) in [4.78, 5) is 29.6. The fraction of sp³-hybridized carbons (Fsp3) is 0.0870. The molecule has 0 aliphatic carbocycles. The van der Waals surface area contributed by atoms with E-state index in [0.717, 1.165) is 11.1 Å². The van der Waals surface area contributed by atoms with Crippen LogP contribution in [0.3, 0.4) is 0 Å². The second-order valence-corrected chi connectivity index (χ2v) is 7.28. The first-order valence-electron chi connectivity index (χ1n) is 9.26. The zero-order chi connectivity index (χ0) is 21.1. The first-order valence-corrected chi connectivity index (χ1v) is 9.64. The van der Waals surface area contributed by atoms with Crippen LogP contribution in [0.15, 0.2) is 77.9 Å². The Bertz CT molecular complexity index is 1270. The molecule has 0 bridgehead atoms. The molecule has 0 saturated heterocycles. The summed E-state index contributed by atoms with van der Waals surface area (Å²) in [5, 5.41) is 3.84. The van der Waals surface area contributed by atoms with Crippen molar-refractivity contribution in [2.75, 3.05) is 0 Å². The molecule has 5 nitrogen and oxygen atoms in total. The van der Waals surface area contributed by atoms with Crippen LogP contribution in [0.2, 0.25) is 5.02 Å². The molecule has 3 aromatic carbocycles. The number of hydrogen-bond acceptors (Lipinski definition) is 3. The van der Waals surface area contributed by atoms with Gasteiger partial charge in [-0.15, -0.1) is 0 Å². The highest BCUT2D eigenvalue weighted by molar-refractivity contribution is 6.30. The van der Waals surface area contributed by atoms with Crippen LogP contribution in [0, 0.1) is 5.82 Å². The minimum absolute atomic E-state index is 0.187. The molecule has 1 heterocycles. The summed E-state index contributed by atoms with van der Waals surface area (Å²) in [7, 11) is 0. The van der Waals surface area contributed by atoms with Crippen molar-refractivity contribution >= 4 is 28.4 Å². The van der Waals surface area contributed by atoms with Gasteiger partial charge in [0.15, 0.2) is 0 Å². The predicted molar refractivity (Wildman–Crippen MR) is 114 cm³/mol. The molecule has 1 amide bonds. The van der Waals surface area contributed by atoms with Gasteiger partial charge in [0.25, 0.3) is 11.5 Å². The van der Waals surface area contributed by atoms with E-state index >= 15 is 0 Å². The summed E-state index contributed by atoms with van der Waals surface area (Å²) in [6, 6.07) is 18.0. The monoisotopic (exact) mass is 421 g/mol. The van der Waals surface area contributed by atoms with Crippen molar-refractivity contribution in [3.63, 3.8) is 0 Å². The van der Waals surface area contributed by atoms with Gasteiger partial charge in [0.05, 0.1) is 23.8 Å². The number of hydrogen-bond donors (Lipinski definition) is 1. The molecular weight excluding hydrogens is 405 g/mol. The zero-order valence-electron chi connectivity index (χ0n) is 15.8. The molecule has 0 atom stereocenters. The van der Waals surface area contributed by atoms with Gasteiger partial charge in [-0.3, -0.25) is 14.2 Å². The van der Waals surface area contributed by atoms with E-state index in [1.807, 2.05) is 12.1 Å². The van der Waals surface area contributed by atoms with Crippen LogP contribution >= 0.6 is 11.6 Å². The normalized spacial score (nSPS) is 10.9. The maximum atomic E-state index is 13.0. The first-order chi connectivity index (χ1) is 14.5. The number of nitrogens with one attached hydrogen (secondary N) is 1. The van der Waals surface area contributed by atoms with E-state index in [-0.39, 0.29) is 23.8 Å². The molecule has 1 aromatic heterocycles. The van der Waals surface area contributed by atoms with E-state index in [0.29, 0.717) is 28.0 Å². The Morgan fingerprint density at radius 1 is 1.00 bits per heavy atom. The van der Waals surface area contributed by atoms with Gasteiger partial charge >= 0.3 is 0 Å². The average molecular weight is 422 g/mol. The van der Waals surface area contributed by atoms with Gasteiger partial charge in [0.1, 0.15) is 5.82 Å². The quantitative estimate of drug-likeness (QED) is 0.526. The van der Waals surface area contributed by atoms with Gasteiger partial charge in [-0.25, -0.2) is 9.37 Å². The lowest BCUT2D eigenvalue weighted by Crippen LogP contribution is -2.24. The Morgan fingerprint density at radius 2 is 1.70 bits per heavy atom. The van der Waals surface area contributed by atoms with Gasteiger partial charge in [-0.1, -0.05) is 35.9 Å². The van der Waals surface area contributed by atoms with E-state index < -0.39 is 0 Å². The van der Waals surface area contributed by atoms with E-state index in [2.05, 4.69) is 10.3 Å². The van der Waals surface area contributed by atoms with Crippen LogP contribution in [0.25, 0.3) is 10.9 Å². The van der Waals surface area contributed by atoms with Gasteiger partial charge in [0, 0.05) is 17.1 Å². The Balaban J connectivity index is 1.52. The van der Waals surface area contributed by atoms with Gasteiger partial charge < -0.3 is 5.32 Å². The highest BCUT2D eigenvalue weighted by atomic mass is 35.5. The number of nitrogens with zero attached hydrogens (tertiary/aromatic N) is 2. The molecule has 30 heavy (non-hydrogen) atoms. The molecular formula is C23H17ClFN3O2. The summed E-state index contributed by atoms with van der Waals surface area (Å²) in [5.74, 6) is -0.624. The molecule has 4 aromatic rings. The molecule has 0 aliphatic heterocycles. The third-order valence-electron chi connectivity index (χ3n) is 4.72. The van der Waals surface area contributed by atoms with Crippen LogP contribution in [0.4, 0.5) is 4.39 Å². The second kappa shape index (κ2) is 8.47. The third-order valence-corrected chi connectivity index (χ3v) is 4.97. The number of rotatable bonds is 5. The van der Waals surface area contributed by atoms with Crippen molar-refractivity contribution in [2.24, 2.45) is 0 Å². The molecule has 0 fully saturated rings. The third kappa shape index (κ3) is 4.39. The Labute approximate surface area is 176 Å². The maximum Gasteiger partial charge on any atom is 0.261 e. The van der Waals surface area contributed by atoms with Crippen LogP contribution in [-0.4, -0.2) is 15.5 Å². The largest absolute Gasteiger partial charge is 0.348 e. The summed E-state index contributed by atoms with van der Waals surface area (Å²) in [6.07, 6.45) is 1.47. The fourth-order valence-corrected chi connectivity index (χ4v) is 3.21. The number of carbonyl (C=O) groups is 1. The number of fused-ring (bicyclic) bond motifs is 1. The van der Waals surface area contributed by atoms with Crippen molar-refractivity contribution in [3.05, 3.63) is 111 Å². The smallest absolute Gasteiger partial charge is 0.261 e. The minimum atomic E-state index is -0.326. The van der Waals surface area contributed by atoms with E-state index in [4.69, 9.17) is 11.6 Å². The van der Waals surface area contributed by atoms with Crippen LogP contribution in [0.1, 0.15) is 21.5 Å². The Hall–Kier alpha value is -3.51. The summed E-state index contributed by atoms with van der Waals surface area (Å²) >= 11 is 5.90. The van der Waals surface area contributed by atoms with Crippen molar-refractivity contribution in [1.82, 2.24) is 14.9 Å². The molecule has 1 N–H and O–H groups in total. The van der Waals surface area contributed by atoms with Gasteiger partial charge in [-0.2, -0.15) is 0 Å². The summed E-state index contributed by atoms with van der Waals surface area (Å²) in [5.41, 5.74) is 2.37. The van der Waals surface area contributed by atoms with Crippen molar-refractivity contribution in [2.45, 2.75) is 13.1 Å². The number of halogens is 2. The summed E-state index contributed by atoms with van der Waals surface area (Å²) < 4.78 is 14.5. The molecule has 0 saturated carbocycles. The van der Waals surface area contributed by atoms with Crippen LogP contribution < -0.4 is 10.9 Å². The van der Waals surface area contributed by atoms with Crippen LogP contribution in [-0.2, 0) is 13.1 Å². The molecule has 0 radical (unpaired) electrons. The molecule has 4 rings (SSSR count). The second-order valence-electron chi connectivity index (χ2n) is 6.85. The molecule has 150 valence electrons. The minimum Gasteiger partial charge on any atom is -0.348 e. The number of carbonyl (C=O) groups excluding carboxylic acids is 1. The first kappa shape index (κ1) is 19.8. The zero-order valence-corrected chi connectivity index (χ0v) is 16.6. The fourth-order valence-electron chi connectivity index (χ4n) is 3.09. The van der Waals surface area contributed by atoms with Crippen molar-refractivity contribution in [3.8, 4) is 0 Å². The molecule has 0 unspecified atom stereocenters. The van der Waals surface area contributed by atoms with Crippen LogP contribution in [0.5, 0.6) is 0 Å². The van der Waals surface area contributed by atoms with E-state index in [9.17, 15) is 14.0 Å². The lowest BCUT2D eigenvalue weighted by atomic mass is 10.1. The van der Waals surface area contributed by atoms with E-state index in [1.54, 1.807) is 42.5 Å². The van der Waals surface area contributed by atoms with Gasteiger partial charge in [-0.05, 0) is 53.6 Å². The number of benzene rings is 3. The van der Waals surface area contributed by atoms with Crippen molar-refractivity contribution < 1.29 is 9.18 Å².